The smallest absolute Gasteiger partial charge is 0.333 e. The Bertz CT molecular complexity index is 733. The zero-order valence-corrected chi connectivity index (χ0v) is 12.8. The summed E-state index contributed by atoms with van der Waals surface area (Å²) in [6.07, 6.45) is 0.101. The van der Waals surface area contributed by atoms with Gasteiger partial charge in [0.15, 0.2) is 6.10 Å². The van der Waals surface area contributed by atoms with Crippen molar-refractivity contribution in [3.8, 4) is 5.75 Å². The highest BCUT2D eigenvalue weighted by atomic mass is 16.5. The van der Waals surface area contributed by atoms with Crippen molar-refractivity contribution in [1.29, 1.82) is 0 Å². The number of rotatable bonds is 5. The highest BCUT2D eigenvalue weighted by molar-refractivity contribution is 5.87. The van der Waals surface area contributed by atoms with Crippen LogP contribution in [0.15, 0.2) is 30.4 Å². The van der Waals surface area contributed by atoms with Gasteiger partial charge in [0.05, 0.1) is 11.0 Å². The summed E-state index contributed by atoms with van der Waals surface area (Å²) in [6, 6.07) is 5.08. The van der Waals surface area contributed by atoms with Crippen LogP contribution in [0.5, 0.6) is 5.75 Å². The van der Waals surface area contributed by atoms with Crippen LogP contribution in [0.3, 0.4) is 0 Å². The van der Waals surface area contributed by atoms with E-state index in [9.17, 15) is 9.59 Å². The lowest BCUT2D eigenvalue weighted by Gasteiger charge is -2.13. The van der Waals surface area contributed by atoms with Gasteiger partial charge in [-0.25, -0.2) is 9.78 Å². The summed E-state index contributed by atoms with van der Waals surface area (Å²) in [6.45, 7) is 8.40. The van der Waals surface area contributed by atoms with Crippen molar-refractivity contribution in [2.75, 3.05) is 0 Å². The molecule has 0 fully saturated rings. The lowest BCUT2D eigenvalue weighted by Crippen LogP contribution is -2.12. The number of ether oxygens (including phenoxy) is 2. The topological polar surface area (TPSA) is 81.3 Å². The lowest BCUT2D eigenvalue weighted by atomic mass is 10.2. The fraction of sp³-hybridized carbons (Fsp3) is 0.312. The second-order valence-electron chi connectivity index (χ2n) is 4.98. The van der Waals surface area contributed by atoms with E-state index in [1.165, 1.54) is 6.92 Å². The van der Waals surface area contributed by atoms with Gasteiger partial charge in [-0.1, -0.05) is 13.5 Å². The first-order valence-electron chi connectivity index (χ1n) is 6.95. The first kappa shape index (κ1) is 15.8. The molecule has 22 heavy (non-hydrogen) atoms. The van der Waals surface area contributed by atoms with Crippen LogP contribution in [0.2, 0.25) is 0 Å². The van der Waals surface area contributed by atoms with Gasteiger partial charge in [-0.2, -0.15) is 0 Å². The molecule has 0 spiro atoms. The van der Waals surface area contributed by atoms with E-state index in [2.05, 4.69) is 16.5 Å². The highest BCUT2D eigenvalue weighted by Crippen LogP contribution is 2.25. The molecule has 116 valence electrons. The summed E-state index contributed by atoms with van der Waals surface area (Å²) in [5.41, 5.74) is 1.75. The minimum Gasteiger partial charge on any atom is -0.451 e. The molecule has 1 N–H and O–H groups in total. The number of hydrogen-bond donors (Lipinski definition) is 1. The van der Waals surface area contributed by atoms with Crippen molar-refractivity contribution in [3.05, 3.63) is 36.2 Å². The number of aromatic nitrogens is 2. The van der Waals surface area contributed by atoms with Crippen LogP contribution < -0.4 is 4.74 Å². The average Bonchev–Trinajstić information content (AvgIpc) is 2.86. The number of carbonyl (C=O) groups is 2. The van der Waals surface area contributed by atoms with Crippen molar-refractivity contribution in [2.24, 2.45) is 0 Å². The van der Waals surface area contributed by atoms with Crippen LogP contribution in [0, 0.1) is 0 Å². The van der Waals surface area contributed by atoms with E-state index in [1.807, 2.05) is 6.92 Å². The van der Waals surface area contributed by atoms with Crippen LogP contribution in [-0.2, 0) is 14.3 Å². The van der Waals surface area contributed by atoms with Gasteiger partial charge in [-0.15, -0.1) is 0 Å². The number of carbonyl (C=O) groups excluding carboxylic acids is 2. The Hall–Kier alpha value is -2.63. The molecule has 0 bridgehead atoms. The molecule has 0 aliphatic carbocycles. The summed E-state index contributed by atoms with van der Waals surface area (Å²) in [7, 11) is 0. The molecule has 0 saturated carbocycles. The summed E-state index contributed by atoms with van der Waals surface area (Å²) in [5.74, 6) is 0.142. The molecule has 1 atom stereocenters. The van der Waals surface area contributed by atoms with Crippen LogP contribution in [0.1, 0.15) is 39.1 Å². The van der Waals surface area contributed by atoms with E-state index in [4.69, 9.17) is 9.47 Å². The molecule has 0 aliphatic rings. The molecule has 0 saturated heterocycles. The van der Waals surface area contributed by atoms with Crippen molar-refractivity contribution in [2.45, 2.75) is 33.3 Å². The third-order valence-electron chi connectivity index (χ3n) is 3.01. The highest BCUT2D eigenvalue weighted by Gasteiger charge is 2.19. The van der Waals surface area contributed by atoms with Gasteiger partial charge in [0.25, 0.3) is 0 Å². The Morgan fingerprint density at radius 1 is 1.36 bits per heavy atom. The number of benzene rings is 1. The van der Waals surface area contributed by atoms with Crippen LogP contribution in [0.25, 0.3) is 11.0 Å². The Kier molecular flexibility index (Phi) is 4.60. The van der Waals surface area contributed by atoms with Crippen molar-refractivity contribution < 1.29 is 19.1 Å². The number of aromatic amines is 1. The van der Waals surface area contributed by atoms with E-state index in [0.29, 0.717) is 34.6 Å². The van der Waals surface area contributed by atoms with E-state index >= 15 is 0 Å². The molecule has 6 heteroatoms. The maximum Gasteiger partial charge on any atom is 0.333 e. The number of nitrogens with one attached hydrogen (secondary N) is 1. The summed E-state index contributed by atoms with van der Waals surface area (Å²) >= 11 is 0. The van der Waals surface area contributed by atoms with Gasteiger partial charge in [0, 0.05) is 18.6 Å². The SMILES string of the molecule is C=C(C)C(=O)OC(CC)c1nc2ccc(OC(C)=O)cc2[nH]1. The number of fused-ring (bicyclic) bond motifs is 1. The van der Waals surface area contributed by atoms with Crippen LogP contribution in [-0.4, -0.2) is 21.9 Å². The van der Waals surface area contributed by atoms with E-state index < -0.39 is 12.1 Å². The molecule has 6 nitrogen and oxygen atoms in total. The molecule has 1 aromatic heterocycles. The largest absolute Gasteiger partial charge is 0.451 e. The van der Waals surface area contributed by atoms with E-state index in [1.54, 1.807) is 25.1 Å². The van der Waals surface area contributed by atoms with Crippen molar-refractivity contribution >= 4 is 23.0 Å². The van der Waals surface area contributed by atoms with E-state index in [-0.39, 0.29) is 5.97 Å². The fourth-order valence-electron chi connectivity index (χ4n) is 1.95. The number of imidazole rings is 1. The Morgan fingerprint density at radius 2 is 2.09 bits per heavy atom. The molecule has 2 rings (SSSR count). The summed E-state index contributed by atoms with van der Waals surface area (Å²) in [4.78, 5) is 30.1. The lowest BCUT2D eigenvalue weighted by molar-refractivity contribution is -0.145. The zero-order valence-electron chi connectivity index (χ0n) is 12.8. The van der Waals surface area contributed by atoms with Gasteiger partial charge in [-0.05, 0) is 25.5 Å². The number of esters is 2. The van der Waals surface area contributed by atoms with Crippen LogP contribution in [0.4, 0.5) is 0 Å². The molecule has 0 amide bonds. The Morgan fingerprint density at radius 3 is 2.68 bits per heavy atom. The van der Waals surface area contributed by atoms with Gasteiger partial charge >= 0.3 is 11.9 Å². The third kappa shape index (κ3) is 3.52. The molecule has 1 aromatic carbocycles. The Balaban J connectivity index is 2.28. The van der Waals surface area contributed by atoms with Crippen molar-refractivity contribution in [3.63, 3.8) is 0 Å². The maximum atomic E-state index is 11.7. The quantitative estimate of drug-likeness (QED) is 0.521. The first-order valence-corrected chi connectivity index (χ1v) is 6.95. The normalized spacial score (nSPS) is 12.0. The van der Waals surface area contributed by atoms with Crippen molar-refractivity contribution in [1.82, 2.24) is 9.97 Å². The summed E-state index contributed by atoms with van der Waals surface area (Å²) in [5, 5.41) is 0. The van der Waals surface area contributed by atoms with Gasteiger partial charge < -0.3 is 14.5 Å². The first-order chi connectivity index (χ1) is 10.4. The number of H-pyrrole nitrogens is 1. The molecule has 1 heterocycles. The zero-order chi connectivity index (χ0) is 16.3. The van der Waals surface area contributed by atoms with Gasteiger partial charge in [0.1, 0.15) is 11.6 Å². The average molecular weight is 302 g/mol. The fourth-order valence-corrected chi connectivity index (χ4v) is 1.95. The monoisotopic (exact) mass is 302 g/mol. The Labute approximate surface area is 128 Å². The molecule has 1 unspecified atom stereocenters. The van der Waals surface area contributed by atoms with Gasteiger partial charge in [0.2, 0.25) is 0 Å². The third-order valence-corrected chi connectivity index (χ3v) is 3.01. The minimum atomic E-state index is -0.478. The minimum absolute atomic E-state index is 0.340. The number of hydrogen-bond acceptors (Lipinski definition) is 5. The number of nitrogens with zero attached hydrogens (tertiary/aromatic N) is 1. The predicted molar refractivity (Wildman–Crippen MR) is 81.3 cm³/mol. The molecule has 0 radical (unpaired) electrons. The predicted octanol–water partition coefficient (Wildman–Crippen LogP) is 3.06. The molecular formula is C16H18N2O4. The second kappa shape index (κ2) is 6.43. The van der Waals surface area contributed by atoms with Crippen LogP contribution >= 0.6 is 0 Å². The van der Waals surface area contributed by atoms with E-state index in [0.717, 1.165) is 0 Å². The summed E-state index contributed by atoms with van der Waals surface area (Å²) < 4.78 is 10.4. The molecule has 0 aliphatic heterocycles. The molecular weight excluding hydrogens is 284 g/mol. The second-order valence-corrected chi connectivity index (χ2v) is 4.98. The standard InChI is InChI=1S/C16H18N2O4/c1-5-14(22-16(20)9(2)3)15-17-12-7-6-11(21-10(4)19)8-13(12)18-15/h6-8,14H,2,5H2,1,3-4H3,(H,17,18). The maximum absolute atomic E-state index is 11.7. The molecule has 2 aromatic rings. The van der Waals surface area contributed by atoms with Gasteiger partial charge in [-0.3, -0.25) is 4.79 Å².